The number of nitrogens with zero attached hydrogens (tertiary/aromatic N) is 3. The minimum atomic E-state index is 0.143. The van der Waals surface area contributed by atoms with Crippen molar-refractivity contribution in [3.05, 3.63) is 10.4 Å². The van der Waals surface area contributed by atoms with Crippen molar-refractivity contribution >= 4 is 15.9 Å². The number of azide groups is 1. The van der Waals surface area contributed by atoms with Crippen LogP contribution in [-0.4, -0.2) is 11.4 Å². The fourth-order valence-electron chi connectivity index (χ4n) is 0.679. The summed E-state index contributed by atoms with van der Waals surface area (Å²) >= 11 is 3.28. The molecule has 0 heterocycles. The van der Waals surface area contributed by atoms with Gasteiger partial charge in [-0.15, -0.1) is 0 Å². The van der Waals surface area contributed by atoms with Crippen LogP contribution in [0.15, 0.2) is 5.11 Å². The van der Waals surface area contributed by atoms with Crippen molar-refractivity contribution in [3.8, 4) is 0 Å². The molecule has 0 saturated carbocycles. The quantitative estimate of drug-likeness (QED) is 0.287. The zero-order chi connectivity index (χ0) is 7.82. The van der Waals surface area contributed by atoms with Crippen molar-refractivity contribution in [2.24, 2.45) is 5.11 Å². The molecule has 0 aliphatic carbocycles. The van der Waals surface area contributed by atoms with Gasteiger partial charge in [0.15, 0.2) is 0 Å². The molecular weight excluding hydrogens is 194 g/mol. The highest BCUT2D eigenvalue weighted by Gasteiger charge is 2.01. The Kier molecular flexibility index (Phi) is 6.76. The van der Waals surface area contributed by atoms with E-state index in [0.29, 0.717) is 0 Å². The Hall–Kier alpha value is -0.210. The van der Waals surface area contributed by atoms with Crippen molar-refractivity contribution in [2.75, 3.05) is 5.33 Å². The van der Waals surface area contributed by atoms with E-state index in [4.69, 9.17) is 5.53 Å². The fourth-order valence-corrected chi connectivity index (χ4v) is 1.13. The predicted octanol–water partition coefficient (Wildman–Crippen LogP) is 3.25. The van der Waals surface area contributed by atoms with E-state index in [1.165, 1.54) is 0 Å². The second-order valence-electron chi connectivity index (χ2n) is 2.16. The van der Waals surface area contributed by atoms with Crippen LogP contribution in [0.4, 0.5) is 0 Å². The highest BCUT2D eigenvalue weighted by molar-refractivity contribution is 9.09. The van der Waals surface area contributed by atoms with Crippen molar-refractivity contribution in [1.82, 2.24) is 0 Å². The van der Waals surface area contributed by atoms with Gasteiger partial charge in [-0.05, 0) is 12.0 Å². The van der Waals surface area contributed by atoms with Crippen molar-refractivity contribution in [2.45, 2.75) is 32.2 Å². The first-order chi connectivity index (χ1) is 4.85. The third kappa shape index (κ3) is 4.65. The van der Waals surface area contributed by atoms with Gasteiger partial charge in [0, 0.05) is 16.3 Å². The van der Waals surface area contributed by atoms with Gasteiger partial charge in [0.1, 0.15) is 0 Å². The smallest absolute Gasteiger partial charge is 0.0470 e. The van der Waals surface area contributed by atoms with E-state index in [1.54, 1.807) is 0 Å². The second-order valence-corrected chi connectivity index (χ2v) is 2.80. The summed E-state index contributed by atoms with van der Waals surface area (Å²) in [4.78, 5) is 2.75. The fraction of sp³-hybridized carbons (Fsp3) is 1.00. The maximum absolute atomic E-state index is 8.10. The van der Waals surface area contributed by atoms with Crippen molar-refractivity contribution in [1.29, 1.82) is 0 Å². The van der Waals surface area contributed by atoms with Gasteiger partial charge in [0.25, 0.3) is 0 Å². The van der Waals surface area contributed by atoms with Gasteiger partial charge in [-0.2, -0.15) is 0 Å². The lowest BCUT2D eigenvalue weighted by Crippen LogP contribution is -2.03. The Morgan fingerprint density at radius 2 is 2.40 bits per heavy atom. The summed E-state index contributed by atoms with van der Waals surface area (Å²) in [6.45, 7) is 2.13. The molecule has 0 radical (unpaired) electrons. The maximum atomic E-state index is 8.10. The van der Waals surface area contributed by atoms with E-state index in [2.05, 4.69) is 32.9 Å². The molecule has 10 heavy (non-hydrogen) atoms. The van der Waals surface area contributed by atoms with Crippen LogP contribution in [0.1, 0.15) is 26.2 Å². The number of hydrogen-bond donors (Lipinski definition) is 0. The van der Waals surface area contributed by atoms with Gasteiger partial charge in [0.05, 0.1) is 0 Å². The van der Waals surface area contributed by atoms with Crippen LogP contribution < -0.4 is 0 Å². The molecule has 0 N–H and O–H groups in total. The normalized spacial score (nSPS) is 12.2. The Labute approximate surface area is 69.6 Å². The molecule has 0 aromatic rings. The third-order valence-corrected chi connectivity index (χ3v) is 2.03. The lowest BCUT2D eigenvalue weighted by molar-refractivity contribution is 0.622. The Morgan fingerprint density at radius 3 is 2.80 bits per heavy atom. The van der Waals surface area contributed by atoms with E-state index >= 15 is 0 Å². The average Bonchev–Trinajstić information content (AvgIpc) is 1.98. The van der Waals surface area contributed by atoms with Crippen LogP contribution in [0.5, 0.6) is 0 Å². The monoisotopic (exact) mass is 205 g/mol. The molecule has 0 aromatic carbocycles. The number of rotatable bonds is 5. The highest BCUT2D eigenvalue weighted by atomic mass is 79.9. The minimum absolute atomic E-state index is 0.143. The highest BCUT2D eigenvalue weighted by Crippen LogP contribution is 2.07. The molecule has 0 aliphatic rings. The van der Waals surface area contributed by atoms with Crippen LogP contribution in [0, 0.1) is 0 Å². The molecule has 1 atom stereocenters. The van der Waals surface area contributed by atoms with E-state index in [1.807, 2.05) is 0 Å². The molecule has 0 spiro atoms. The van der Waals surface area contributed by atoms with Gasteiger partial charge < -0.3 is 0 Å². The standard InChI is InChI=1S/C6H12BrN3/c1-2-3-4-6(5-7)9-10-8/h6H,2-5H2,1H3. The molecule has 0 amide bonds. The Balaban J connectivity index is 3.49. The van der Waals surface area contributed by atoms with Gasteiger partial charge in [-0.25, -0.2) is 0 Å². The SMILES string of the molecule is CCCCC(CBr)N=[N+]=[N-]. The molecule has 0 rings (SSSR count). The minimum Gasteiger partial charge on any atom is -0.0924 e. The van der Waals surface area contributed by atoms with Crippen LogP contribution in [0.2, 0.25) is 0 Å². The third-order valence-electron chi connectivity index (χ3n) is 1.28. The van der Waals surface area contributed by atoms with Crippen LogP contribution in [0.25, 0.3) is 10.4 Å². The first kappa shape index (κ1) is 9.79. The first-order valence-corrected chi connectivity index (χ1v) is 4.57. The average molecular weight is 206 g/mol. The molecule has 0 saturated heterocycles. The molecule has 3 nitrogen and oxygen atoms in total. The Bertz CT molecular complexity index is 120. The first-order valence-electron chi connectivity index (χ1n) is 3.45. The van der Waals surface area contributed by atoms with Crippen LogP contribution in [0.3, 0.4) is 0 Å². The number of unbranched alkanes of at least 4 members (excludes halogenated alkanes) is 1. The Morgan fingerprint density at radius 1 is 1.70 bits per heavy atom. The summed E-state index contributed by atoms with van der Waals surface area (Å²) < 4.78 is 0. The second kappa shape index (κ2) is 6.90. The number of hydrogen-bond acceptors (Lipinski definition) is 1. The number of halogens is 1. The molecule has 0 aromatic heterocycles. The van der Waals surface area contributed by atoms with E-state index in [0.717, 1.165) is 24.6 Å². The summed E-state index contributed by atoms with van der Waals surface area (Å²) in [5.41, 5.74) is 8.10. The lowest BCUT2D eigenvalue weighted by atomic mass is 10.2. The molecular formula is C6H12BrN3. The molecule has 4 heteroatoms. The topological polar surface area (TPSA) is 48.8 Å². The van der Waals surface area contributed by atoms with Crippen molar-refractivity contribution < 1.29 is 0 Å². The van der Waals surface area contributed by atoms with Gasteiger partial charge in [-0.1, -0.05) is 40.8 Å². The van der Waals surface area contributed by atoms with Gasteiger partial charge >= 0.3 is 0 Å². The van der Waals surface area contributed by atoms with Gasteiger partial charge in [0.2, 0.25) is 0 Å². The summed E-state index contributed by atoms with van der Waals surface area (Å²) in [6.07, 6.45) is 3.28. The summed E-state index contributed by atoms with van der Waals surface area (Å²) in [5.74, 6) is 0. The number of alkyl halides is 1. The van der Waals surface area contributed by atoms with Crippen LogP contribution >= 0.6 is 15.9 Å². The maximum Gasteiger partial charge on any atom is 0.0470 e. The molecule has 0 fully saturated rings. The van der Waals surface area contributed by atoms with Crippen LogP contribution in [-0.2, 0) is 0 Å². The predicted molar refractivity (Wildman–Crippen MR) is 46.3 cm³/mol. The summed E-state index contributed by atoms with van der Waals surface area (Å²) in [5, 5.41) is 4.39. The zero-order valence-electron chi connectivity index (χ0n) is 6.13. The molecule has 0 bridgehead atoms. The van der Waals surface area contributed by atoms with E-state index in [-0.39, 0.29) is 6.04 Å². The molecule has 58 valence electrons. The van der Waals surface area contributed by atoms with Crippen molar-refractivity contribution in [3.63, 3.8) is 0 Å². The van der Waals surface area contributed by atoms with E-state index in [9.17, 15) is 0 Å². The summed E-state index contributed by atoms with van der Waals surface area (Å²) in [6, 6.07) is 0.143. The molecule has 1 unspecified atom stereocenters. The zero-order valence-corrected chi connectivity index (χ0v) is 7.71. The lowest BCUT2D eigenvalue weighted by Gasteiger charge is -2.03. The summed E-state index contributed by atoms with van der Waals surface area (Å²) in [7, 11) is 0. The largest absolute Gasteiger partial charge is 0.0924 e. The van der Waals surface area contributed by atoms with Gasteiger partial charge in [-0.3, -0.25) is 0 Å². The molecule has 0 aliphatic heterocycles. The van der Waals surface area contributed by atoms with E-state index < -0.39 is 0 Å².